The average molecular weight is 403 g/mol. The van der Waals surface area contributed by atoms with Crippen molar-refractivity contribution in [2.24, 2.45) is 0 Å². The first-order valence-electron chi connectivity index (χ1n) is 9.14. The van der Waals surface area contributed by atoms with Gasteiger partial charge in [0.2, 0.25) is 0 Å². The van der Waals surface area contributed by atoms with E-state index in [0.29, 0.717) is 12.5 Å². The van der Waals surface area contributed by atoms with Crippen LogP contribution in [0.25, 0.3) is 0 Å². The van der Waals surface area contributed by atoms with Crippen LogP contribution in [0.15, 0.2) is 27.6 Å². The lowest BCUT2D eigenvalue weighted by Crippen LogP contribution is -2.36. The van der Waals surface area contributed by atoms with Crippen LogP contribution < -0.4 is 5.56 Å². The molecule has 2 aromatic rings. The fourth-order valence-corrected chi connectivity index (χ4v) is 4.17. The smallest absolute Gasteiger partial charge is 0.255 e. The molecular formula is C19H23BrN4O. The molecule has 0 spiro atoms. The van der Waals surface area contributed by atoms with Crippen molar-refractivity contribution in [3.63, 3.8) is 0 Å². The van der Waals surface area contributed by atoms with Crippen LogP contribution in [0.5, 0.6) is 0 Å². The molecule has 0 unspecified atom stereocenters. The van der Waals surface area contributed by atoms with E-state index in [-0.39, 0.29) is 5.56 Å². The second-order valence-electron chi connectivity index (χ2n) is 7.14. The minimum atomic E-state index is 0.0547. The summed E-state index contributed by atoms with van der Waals surface area (Å²) in [5.74, 6) is 1.36. The summed E-state index contributed by atoms with van der Waals surface area (Å²) in [6.07, 6.45) is 8.78. The number of halogens is 1. The van der Waals surface area contributed by atoms with Gasteiger partial charge in [-0.15, -0.1) is 0 Å². The van der Waals surface area contributed by atoms with Gasteiger partial charge in [-0.1, -0.05) is 19.3 Å². The molecule has 1 aliphatic heterocycles. The number of nitrogens with one attached hydrogen (secondary N) is 1. The molecule has 0 amide bonds. The molecule has 132 valence electrons. The first kappa shape index (κ1) is 16.9. The Hall–Kier alpha value is -1.53. The van der Waals surface area contributed by atoms with E-state index in [1.807, 2.05) is 18.3 Å². The molecule has 0 saturated heterocycles. The van der Waals surface area contributed by atoms with E-state index < -0.39 is 0 Å². The monoisotopic (exact) mass is 402 g/mol. The Labute approximate surface area is 156 Å². The summed E-state index contributed by atoms with van der Waals surface area (Å²) in [5, 5.41) is 0. The molecule has 0 bridgehead atoms. The largest absolute Gasteiger partial charge is 0.310 e. The molecule has 1 aliphatic carbocycles. The van der Waals surface area contributed by atoms with E-state index in [0.717, 1.165) is 59.6 Å². The van der Waals surface area contributed by atoms with E-state index in [9.17, 15) is 4.79 Å². The molecule has 1 saturated carbocycles. The predicted octanol–water partition coefficient (Wildman–Crippen LogP) is 3.53. The molecular weight excluding hydrogens is 380 g/mol. The van der Waals surface area contributed by atoms with Gasteiger partial charge < -0.3 is 4.98 Å². The lowest BCUT2D eigenvalue weighted by molar-refractivity contribution is 0.238. The second-order valence-corrected chi connectivity index (χ2v) is 8.06. The summed E-state index contributed by atoms with van der Waals surface area (Å²) in [6, 6.07) is 4.03. The van der Waals surface area contributed by atoms with Crippen LogP contribution in [-0.4, -0.2) is 26.4 Å². The minimum absolute atomic E-state index is 0.0547. The average Bonchev–Trinajstić information content (AvgIpc) is 2.65. The number of hydrogen-bond acceptors (Lipinski definition) is 4. The van der Waals surface area contributed by atoms with Gasteiger partial charge in [0.15, 0.2) is 0 Å². The van der Waals surface area contributed by atoms with Crippen molar-refractivity contribution in [3.8, 4) is 0 Å². The summed E-state index contributed by atoms with van der Waals surface area (Å²) >= 11 is 3.41. The summed E-state index contributed by atoms with van der Waals surface area (Å²) in [7, 11) is 0. The van der Waals surface area contributed by atoms with E-state index >= 15 is 0 Å². The first-order valence-corrected chi connectivity index (χ1v) is 9.93. The van der Waals surface area contributed by atoms with Gasteiger partial charge in [-0.25, -0.2) is 4.98 Å². The minimum Gasteiger partial charge on any atom is -0.310 e. The molecule has 2 aliphatic rings. The van der Waals surface area contributed by atoms with Gasteiger partial charge in [0, 0.05) is 42.6 Å². The summed E-state index contributed by atoms with van der Waals surface area (Å²) in [5.41, 5.74) is 2.92. The van der Waals surface area contributed by atoms with Crippen molar-refractivity contribution in [2.45, 2.75) is 57.5 Å². The van der Waals surface area contributed by atoms with E-state index in [2.05, 4.69) is 30.8 Å². The Balaban J connectivity index is 1.51. The Morgan fingerprint density at radius 1 is 1.24 bits per heavy atom. The number of fused-ring (bicyclic) bond motifs is 1. The van der Waals surface area contributed by atoms with E-state index in [4.69, 9.17) is 4.98 Å². The number of pyridine rings is 1. The zero-order valence-corrected chi connectivity index (χ0v) is 15.9. The van der Waals surface area contributed by atoms with Gasteiger partial charge in [-0.3, -0.25) is 14.7 Å². The Kier molecular flexibility index (Phi) is 4.99. The molecule has 1 N–H and O–H groups in total. The topological polar surface area (TPSA) is 61.9 Å². The normalized spacial score (nSPS) is 18.9. The second kappa shape index (κ2) is 7.38. The fraction of sp³-hybridized carbons (Fsp3) is 0.526. The van der Waals surface area contributed by atoms with Crippen LogP contribution in [0.3, 0.4) is 0 Å². The SMILES string of the molecule is O=c1[nH]c(C2CCCCC2)nc2c1CN(Cc1ccc(Br)cn1)CC2. The molecule has 0 aromatic carbocycles. The molecule has 6 heteroatoms. The highest BCUT2D eigenvalue weighted by Crippen LogP contribution is 2.30. The standard InChI is InChI=1S/C19H23BrN4O/c20-14-6-7-15(21-10-14)11-24-9-8-17-16(12-24)19(25)23-18(22-17)13-4-2-1-3-5-13/h6-7,10,13H,1-5,8-9,11-12H2,(H,22,23,25). The Morgan fingerprint density at radius 2 is 2.08 bits per heavy atom. The number of aromatic nitrogens is 3. The van der Waals surface area contributed by atoms with Crippen molar-refractivity contribution < 1.29 is 0 Å². The number of H-pyrrole nitrogens is 1. The predicted molar refractivity (Wildman–Crippen MR) is 100 cm³/mol. The molecule has 0 atom stereocenters. The van der Waals surface area contributed by atoms with Crippen molar-refractivity contribution in [1.29, 1.82) is 0 Å². The first-order chi connectivity index (χ1) is 12.2. The van der Waals surface area contributed by atoms with Crippen LogP contribution in [0, 0.1) is 0 Å². The van der Waals surface area contributed by atoms with E-state index in [1.54, 1.807) is 0 Å². The van der Waals surface area contributed by atoms with Crippen LogP contribution in [0.1, 0.15) is 60.8 Å². The quantitative estimate of drug-likeness (QED) is 0.852. The lowest BCUT2D eigenvalue weighted by Gasteiger charge is -2.28. The summed E-state index contributed by atoms with van der Waals surface area (Å²) in [6.45, 7) is 2.34. The zero-order chi connectivity index (χ0) is 17.2. The van der Waals surface area contributed by atoms with Crippen LogP contribution in [0.2, 0.25) is 0 Å². The molecule has 4 rings (SSSR count). The van der Waals surface area contributed by atoms with Crippen LogP contribution in [-0.2, 0) is 19.5 Å². The molecule has 3 heterocycles. The third kappa shape index (κ3) is 3.85. The van der Waals surface area contributed by atoms with Gasteiger partial charge in [-0.05, 0) is 40.9 Å². The van der Waals surface area contributed by atoms with Gasteiger partial charge >= 0.3 is 0 Å². The van der Waals surface area contributed by atoms with Crippen LogP contribution in [0.4, 0.5) is 0 Å². The number of aromatic amines is 1. The highest BCUT2D eigenvalue weighted by molar-refractivity contribution is 9.10. The van der Waals surface area contributed by atoms with Gasteiger partial charge in [0.05, 0.1) is 17.0 Å². The summed E-state index contributed by atoms with van der Waals surface area (Å²) in [4.78, 5) is 27.3. The highest BCUT2D eigenvalue weighted by atomic mass is 79.9. The maximum atomic E-state index is 12.6. The van der Waals surface area contributed by atoms with Crippen LogP contribution >= 0.6 is 15.9 Å². The highest BCUT2D eigenvalue weighted by Gasteiger charge is 2.24. The maximum absolute atomic E-state index is 12.6. The number of rotatable bonds is 3. The Bertz CT molecular complexity index is 796. The fourth-order valence-electron chi connectivity index (χ4n) is 3.93. The van der Waals surface area contributed by atoms with Gasteiger partial charge in [0.25, 0.3) is 5.56 Å². The van der Waals surface area contributed by atoms with Crippen molar-refractivity contribution in [1.82, 2.24) is 19.9 Å². The molecule has 1 fully saturated rings. The number of hydrogen-bond donors (Lipinski definition) is 1. The van der Waals surface area contributed by atoms with E-state index in [1.165, 1.54) is 19.3 Å². The molecule has 2 aromatic heterocycles. The van der Waals surface area contributed by atoms with Crippen molar-refractivity contribution in [2.75, 3.05) is 6.54 Å². The maximum Gasteiger partial charge on any atom is 0.255 e. The Morgan fingerprint density at radius 3 is 2.84 bits per heavy atom. The third-order valence-electron chi connectivity index (χ3n) is 5.33. The van der Waals surface area contributed by atoms with Crippen molar-refractivity contribution in [3.05, 3.63) is 55.9 Å². The molecule has 25 heavy (non-hydrogen) atoms. The molecule has 0 radical (unpaired) electrons. The molecule has 5 nitrogen and oxygen atoms in total. The number of nitrogens with zero attached hydrogens (tertiary/aromatic N) is 3. The third-order valence-corrected chi connectivity index (χ3v) is 5.80. The van der Waals surface area contributed by atoms with Crippen molar-refractivity contribution >= 4 is 15.9 Å². The summed E-state index contributed by atoms with van der Waals surface area (Å²) < 4.78 is 0.983. The van der Waals surface area contributed by atoms with Gasteiger partial charge in [0.1, 0.15) is 5.82 Å². The zero-order valence-electron chi connectivity index (χ0n) is 14.3. The van der Waals surface area contributed by atoms with Gasteiger partial charge in [-0.2, -0.15) is 0 Å². The lowest BCUT2D eigenvalue weighted by atomic mass is 9.88.